The summed E-state index contributed by atoms with van der Waals surface area (Å²) in [4.78, 5) is 25.3. The van der Waals surface area contributed by atoms with Crippen molar-refractivity contribution < 1.29 is 23.5 Å². The molecule has 2 N–H and O–H groups in total. The van der Waals surface area contributed by atoms with Gasteiger partial charge < -0.3 is 15.3 Å². The van der Waals surface area contributed by atoms with Crippen molar-refractivity contribution in [1.29, 1.82) is 0 Å². The summed E-state index contributed by atoms with van der Waals surface area (Å²) in [6.45, 7) is 0.589. The molecule has 0 spiro atoms. The number of hydrogen-bond acceptors (Lipinski definition) is 3. The van der Waals surface area contributed by atoms with Gasteiger partial charge in [0, 0.05) is 32.6 Å². The maximum absolute atomic E-state index is 13.6. The van der Waals surface area contributed by atoms with Crippen molar-refractivity contribution in [2.45, 2.75) is 37.7 Å². The Morgan fingerprint density at radius 1 is 1.38 bits per heavy atom. The molecule has 1 aromatic carbocycles. The van der Waals surface area contributed by atoms with E-state index < -0.39 is 17.2 Å². The minimum atomic E-state index is -1.23. The highest BCUT2D eigenvalue weighted by molar-refractivity contribution is 5.78. The predicted molar refractivity (Wildman–Crippen MR) is 84.1 cm³/mol. The highest BCUT2D eigenvalue weighted by Gasteiger charge is 2.36. The number of aliphatic hydroxyl groups is 1. The van der Waals surface area contributed by atoms with Crippen molar-refractivity contribution in [2.75, 3.05) is 20.1 Å². The lowest BCUT2D eigenvalue weighted by molar-refractivity contribution is -0.142. The number of carbonyl (C=O) groups excluding carboxylic acids is 2. The van der Waals surface area contributed by atoms with Gasteiger partial charge in [0.25, 0.3) is 0 Å². The molecule has 0 aliphatic carbocycles. The van der Waals surface area contributed by atoms with E-state index in [1.165, 1.54) is 18.0 Å². The van der Waals surface area contributed by atoms with E-state index in [0.29, 0.717) is 19.4 Å². The second-order valence-electron chi connectivity index (χ2n) is 6.23. The highest BCUT2D eigenvalue weighted by Crippen LogP contribution is 2.25. The molecule has 1 aliphatic heterocycles. The zero-order valence-electron chi connectivity index (χ0n) is 13.6. The van der Waals surface area contributed by atoms with Gasteiger partial charge in [-0.05, 0) is 30.9 Å². The molecular weight excluding hydrogens is 318 g/mol. The molecule has 1 heterocycles. The molecule has 1 atom stereocenters. The number of hydrogen-bond donors (Lipinski definition) is 2. The van der Waals surface area contributed by atoms with Crippen molar-refractivity contribution in [3.63, 3.8) is 0 Å². The van der Waals surface area contributed by atoms with Crippen molar-refractivity contribution in [2.24, 2.45) is 0 Å². The first kappa shape index (κ1) is 18.3. The molecule has 1 aliphatic rings. The summed E-state index contributed by atoms with van der Waals surface area (Å²) in [5, 5.41) is 13.0. The van der Waals surface area contributed by atoms with Gasteiger partial charge in [-0.15, -0.1) is 0 Å². The van der Waals surface area contributed by atoms with Crippen molar-refractivity contribution in [1.82, 2.24) is 10.2 Å². The van der Waals surface area contributed by atoms with Gasteiger partial charge in [-0.1, -0.05) is 6.07 Å². The Hall–Kier alpha value is -2.02. The summed E-state index contributed by atoms with van der Waals surface area (Å²) in [6, 6.07) is 3.28. The van der Waals surface area contributed by atoms with Crippen LogP contribution in [0.1, 0.15) is 31.2 Å². The van der Waals surface area contributed by atoms with Crippen LogP contribution < -0.4 is 5.32 Å². The Morgan fingerprint density at radius 2 is 2.12 bits per heavy atom. The summed E-state index contributed by atoms with van der Waals surface area (Å²) < 4.78 is 26.5. The third-order valence-corrected chi connectivity index (χ3v) is 4.30. The number of piperidine rings is 1. The Morgan fingerprint density at radius 3 is 2.79 bits per heavy atom. The number of nitrogens with zero attached hydrogens (tertiary/aromatic N) is 1. The van der Waals surface area contributed by atoms with E-state index in [0.717, 1.165) is 12.1 Å². The van der Waals surface area contributed by atoms with E-state index in [4.69, 9.17) is 0 Å². The predicted octanol–water partition coefficient (Wildman–Crippen LogP) is 1.39. The molecule has 0 bridgehead atoms. The fraction of sp³-hybridized carbons (Fsp3) is 0.529. The molecule has 1 aromatic rings. The van der Waals surface area contributed by atoms with Crippen molar-refractivity contribution in [3.8, 4) is 0 Å². The number of β-amino-alcohol motifs (C(OH)–C–C–N with tert-alkyl or cyclic N) is 1. The minimum absolute atomic E-state index is 0.0557. The third-order valence-electron chi connectivity index (χ3n) is 4.30. The second kappa shape index (κ2) is 7.70. The molecular formula is C17H22F2N2O3. The molecule has 0 aromatic heterocycles. The summed E-state index contributed by atoms with van der Waals surface area (Å²) in [7, 11) is 1.49. The third kappa shape index (κ3) is 4.74. The number of aryl methyl sites for hydroxylation is 1. The molecule has 1 saturated heterocycles. The number of amides is 2. The largest absolute Gasteiger partial charge is 0.388 e. The lowest BCUT2D eigenvalue weighted by atomic mass is 9.89. The van der Waals surface area contributed by atoms with Gasteiger partial charge in [-0.25, -0.2) is 8.78 Å². The van der Waals surface area contributed by atoms with Gasteiger partial charge in [0.15, 0.2) is 0 Å². The molecule has 7 heteroatoms. The normalized spacial score (nSPS) is 20.8. The van der Waals surface area contributed by atoms with Crippen LogP contribution >= 0.6 is 0 Å². The van der Waals surface area contributed by atoms with Crippen molar-refractivity contribution in [3.05, 3.63) is 35.4 Å². The molecule has 0 saturated carbocycles. The lowest BCUT2D eigenvalue weighted by Crippen LogP contribution is -2.52. The molecule has 0 radical (unpaired) electrons. The monoisotopic (exact) mass is 340 g/mol. The SMILES string of the molecule is CNC(=O)CC1(O)CCCN(C(=O)CCc2ccc(F)cc2F)C1. The minimum Gasteiger partial charge on any atom is -0.388 e. The molecule has 2 rings (SSSR count). The standard InChI is InChI=1S/C17H22F2N2O3/c1-20-15(22)10-17(24)7-2-8-21(11-17)16(23)6-4-12-3-5-13(18)9-14(12)19/h3,5,9,24H,2,4,6-8,10-11H2,1H3,(H,20,22). The average Bonchev–Trinajstić information content (AvgIpc) is 2.53. The van der Waals surface area contributed by atoms with Crippen LogP contribution in [0.5, 0.6) is 0 Å². The first-order chi connectivity index (χ1) is 11.3. The summed E-state index contributed by atoms with van der Waals surface area (Å²) in [5.74, 6) is -1.82. The van der Waals surface area contributed by atoms with Gasteiger partial charge in [-0.3, -0.25) is 9.59 Å². The summed E-state index contributed by atoms with van der Waals surface area (Å²) >= 11 is 0. The van der Waals surface area contributed by atoms with Crippen LogP contribution in [0, 0.1) is 11.6 Å². The van der Waals surface area contributed by atoms with Crippen LogP contribution in [0.4, 0.5) is 8.78 Å². The molecule has 24 heavy (non-hydrogen) atoms. The molecule has 2 amide bonds. The van der Waals surface area contributed by atoms with Gasteiger partial charge >= 0.3 is 0 Å². The number of carbonyl (C=O) groups is 2. The van der Waals surface area contributed by atoms with E-state index in [1.54, 1.807) is 0 Å². The highest BCUT2D eigenvalue weighted by atomic mass is 19.1. The number of nitrogens with one attached hydrogen (secondary N) is 1. The van der Waals surface area contributed by atoms with Gasteiger partial charge in [0.1, 0.15) is 11.6 Å². The maximum atomic E-state index is 13.6. The van der Waals surface area contributed by atoms with E-state index >= 15 is 0 Å². The van der Waals surface area contributed by atoms with Crippen LogP contribution in [0.15, 0.2) is 18.2 Å². The number of likely N-dealkylation sites (tertiary alicyclic amines) is 1. The molecule has 132 valence electrons. The van der Waals surface area contributed by atoms with Crippen molar-refractivity contribution >= 4 is 11.8 Å². The average molecular weight is 340 g/mol. The smallest absolute Gasteiger partial charge is 0.223 e. The first-order valence-corrected chi connectivity index (χ1v) is 7.98. The summed E-state index contributed by atoms with van der Waals surface area (Å²) in [5.41, 5.74) is -0.947. The van der Waals surface area contributed by atoms with Crippen LogP contribution in [-0.4, -0.2) is 47.6 Å². The Bertz CT molecular complexity index is 624. The molecule has 5 nitrogen and oxygen atoms in total. The Kier molecular flexibility index (Phi) is 5.88. The quantitative estimate of drug-likeness (QED) is 0.851. The van der Waals surface area contributed by atoms with Gasteiger partial charge in [0.2, 0.25) is 11.8 Å². The van der Waals surface area contributed by atoms with E-state index in [1.807, 2.05) is 0 Å². The topological polar surface area (TPSA) is 69.6 Å². The Labute approximate surface area is 139 Å². The summed E-state index contributed by atoms with van der Waals surface area (Å²) in [6.07, 6.45) is 1.23. The van der Waals surface area contributed by atoms with Gasteiger partial charge in [-0.2, -0.15) is 0 Å². The molecule has 1 fully saturated rings. The van der Waals surface area contributed by atoms with Crippen LogP contribution in [0.2, 0.25) is 0 Å². The fourth-order valence-corrected chi connectivity index (χ4v) is 2.98. The van der Waals surface area contributed by atoms with Gasteiger partial charge in [0.05, 0.1) is 12.0 Å². The van der Waals surface area contributed by atoms with E-state index in [-0.39, 0.29) is 43.2 Å². The zero-order valence-corrected chi connectivity index (χ0v) is 13.6. The fourth-order valence-electron chi connectivity index (χ4n) is 2.98. The number of benzene rings is 1. The van der Waals surface area contributed by atoms with Crippen LogP contribution in [0.25, 0.3) is 0 Å². The Balaban J connectivity index is 1.93. The lowest BCUT2D eigenvalue weighted by Gasteiger charge is -2.39. The van der Waals surface area contributed by atoms with Crippen LogP contribution in [0.3, 0.4) is 0 Å². The van der Waals surface area contributed by atoms with E-state index in [9.17, 15) is 23.5 Å². The maximum Gasteiger partial charge on any atom is 0.223 e. The van der Waals surface area contributed by atoms with Crippen LogP contribution in [-0.2, 0) is 16.0 Å². The number of halogens is 2. The number of rotatable bonds is 5. The van der Waals surface area contributed by atoms with E-state index in [2.05, 4.69) is 5.32 Å². The first-order valence-electron chi connectivity index (χ1n) is 7.98. The second-order valence-corrected chi connectivity index (χ2v) is 6.23. The molecule has 1 unspecified atom stereocenters. The zero-order chi connectivity index (χ0) is 17.7.